The summed E-state index contributed by atoms with van der Waals surface area (Å²) in [5.41, 5.74) is 0.213. The van der Waals surface area contributed by atoms with Crippen LogP contribution in [0.1, 0.15) is 56.3 Å². The number of esters is 1. The molecule has 3 rings (SSSR count). The molecule has 1 aliphatic heterocycles. The lowest BCUT2D eigenvalue weighted by Crippen LogP contribution is -2.46. The molecule has 1 amide bonds. The minimum absolute atomic E-state index is 0.0335. The Bertz CT molecular complexity index is 916. The Kier molecular flexibility index (Phi) is 7.09. The topological polar surface area (TPSA) is 84.0 Å². The zero-order valence-corrected chi connectivity index (χ0v) is 19.2. The zero-order chi connectivity index (χ0) is 22.1. The Morgan fingerprint density at radius 3 is 2.50 bits per heavy atom. The van der Waals surface area contributed by atoms with E-state index in [9.17, 15) is 18.0 Å². The van der Waals surface area contributed by atoms with Crippen LogP contribution in [0.3, 0.4) is 0 Å². The van der Waals surface area contributed by atoms with E-state index in [0.717, 1.165) is 25.7 Å². The molecule has 2 aliphatic rings. The predicted octanol–water partition coefficient (Wildman–Crippen LogP) is 3.32. The highest BCUT2D eigenvalue weighted by molar-refractivity contribution is 7.89. The maximum atomic E-state index is 13.5. The van der Waals surface area contributed by atoms with Crippen LogP contribution in [0, 0.1) is 5.92 Å². The van der Waals surface area contributed by atoms with Crippen molar-refractivity contribution in [2.24, 2.45) is 5.92 Å². The number of carbonyl (C=O) groups is 2. The summed E-state index contributed by atoms with van der Waals surface area (Å²) in [7, 11) is -2.51. The third-order valence-corrected chi connectivity index (χ3v) is 8.83. The number of rotatable bonds is 6. The van der Waals surface area contributed by atoms with Crippen LogP contribution in [-0.2, 0) is 19.6 Å². The van der Waals surface area contributed by atoms with Gasteiger partial charge in [-0.2, -0.15) is 4.31 Å². The minimum Gasteiger partial charge on any atom is -0.467 e. The lowest BCUT2D eigenvalue weighted by molar-refractivity contribution is -0.145. The van der Waals surface area contributed by atoms with Crippen LogP contribution >= 0.6 is 11.6 Å². The molecule has 30 heavy (non-hydrogen) atoms. The number of amides is 1. The van der Waals surface area contributed by atoms with Gasteiger partial charge >= 0.3 is 5.97 Å². The van der Waals surface area contributed by atoms with E-state index in [0.29, 0.717) is 19.5 Å². The third kappa shape index (κ3) is 4.09. The maximum Gasteiger partial charge on any atom is 0.328 e. The minimum atomic E-state index is -3.83. The fourth-order valence-corrected chi connectivity index (χ4v) is 6.74. The molecule has 9 heteroatoms. The molecule has 166 valence electrons. The van der Waals surface area contributed by atoms with Crippen molar-refractivity contribution in [3.8, 4) is 0 Å². The number of likely N-dealkylation sites (tertiary alicyclic amines) is 1. The fraction of sp³-hybridized carbons (Fsp3) is 0.619. The summed E-state index contributed by atoms with van der Waals surface area (Å²) in [5, 5.41) is 0.0694. The second-order valence-electron chi connectivity index (χ2n) is 7.83. The van der Waals surface area contributed by atoms with Crippen LogP contribution in [0.25, 0.3) is 0 Å². The van der Waals surface area contributed by atoms with E-state index < -0.39 is 22.0 Å². The first-order valence-corrected chi connectivity index (χ1v) is 12.3. The molecule has 3 unspecified atom stereocenters. The highest BCUT2D eigenvalue weighted by Crippen LogP contribution is 2.41. The average molecular weight is 457 g/mol. The monoisotopic (exact) mass is 456 g/mol. The summed E-state index contributed by atoms with van der Waals surface area (Å²) in [6.45, 7) is 4.10. The number of ether oxygens (including phenoxy) is 1. The molecule has 3 atom stereocenters. The third-order valence-electron chi connectivity index (χ3n) is 6.30. The average Bonchev–Trinajstić information content (AvgIpc) is 3.13. The standard InChI is InChI=1S/C21H29ClN2O5S/c1-4-23(5-2)30(27,28)19-13-15(10-11-16(19)22)20(25)24-17-9-7-6-8-14(17)12-18(24)21(26)29-3/h10-11,13-14,17-18H,4-9,12H2,1-3H3. The summed E-state index contributed by atoms with van der Waals surface area (Å²) in [6.07, 6.45) is 4.48. The largest absolute Gasteiger partial charge is 0.467 e. The van der Waals surface area contributed by atoms with Crippen LogP contribution in [-0.4, -0.2) is 61.8 Å². The molecule has 7 nitrogen and oxygen atoms in total. The number of methoxy groups -OCH3 is 1. The van der Waals surface area contributed by atoms with Crippen LogP contribution in [0.5, 0.6) is 0 Å². The van der Waals surface area contributed by atoms with Gasteiger partial charge in [-0.1, -0.05) is 38.3 Å². The second kappa shape index (κ2) is 9.24. The van der Waals surface area contributed by atoms with Gasteiger partial charge in [0, 0.05) is 24.7 Å². The van der Waals surface area contributed by atoms with E-state index in [-0.39, 0.29) is 33.3 Å². The number of carbonyl (C=O) groups excluding carboxylic acids is 2. The number of hydrogen-bond acceptors (Lipinski definition) is 5. The van der Waals surface area contributed by atoms with E-state index in [1.165, 1.54) is 29.6 Å². The number of sulfonamides is 1. The quantitative estimate of drug-likeness (QED) is 0.613. The lowest BCUT2D eigenvalue weighted by atomic mass is 9.84. The van der Waals surface area contributed by atoms with Crippen LogP contribution in [0.2, 0.25) is 5.02 Å². The number of fused-ring (bicyclic) bond motifs is 1. The SMILES string of the molecule is CCN(CC)S(=O)(=O)c1cc(C(=O)N2C(C(=O)OC)CC3CCCCC32)ccc1Cl. The summed E-state index contributed by atoms with van der Waals surface area (Å²) in [6, 6.07) is 3.62. The van der Waals surface area contributed by atoms with E-state index in [1.807, 2.05) is 0 Å². The molecule has 1 aliphatic carbocycles. The predicted molar refractivity (Wildman–Crippen MR) is 114 cm³/mol. The molecule has 2 fully saturated rings. The number of halogens is 1. The van der Waals surface area contributed by atoms with Gasteiger partial charge in [-0.3, -0.25) is 4.79 Å². The van der Waals surface area contributed by atoms with Gasteiger partial charge in [-0.15, -0.1) is 0 Å². The molecule has 1 heterocycles. The maximum absolute atomic E-state index is 13.5. The molecular formula is C21H29ClN2O5S. The molecule has 0 N–H and O–H groups in total. The highest BCUT2D eigenvalue weighted by atomic mass is 35.5. The first kappa shape index (κ1) is 23.0. The van der Waals surface area contributed by atoms with Crippen molar-refractivity contribution in [2.45, 2.75) is 62.9 Å². The van der Waals surface area contributed by atoms with Gasteiger partial charge < -0.3 is 9.64 Å². The van der Waals surface area contributed by atoms with E-state index in [2.05, 4.69) is 0 Å². The summed E-state index contributed by atoms with van der Waals surface area (Å²) >= 11 is 6.21. The molecule has 1 aromatic rings. The first-order chi connectivity index (χ1) is 14.3. The van der Waals surface area contributed by atoms with Gasteiger partial charge in [-0.05, 0) is 43.4 Å². The van der Waals surface area contributed by atoms with Crippen molar-refractivity contribution in [3.05, 3.63) is 28.8 Å². The number of benzene rings is 1. The van der Waals surface area contributed by atoms with E-state index in [4.69, 9.17) is 16.3 Å². The van der Waals surface area contributed by atoms with Gasteiger partial charge in [0.25, 0.3) is 5.91 Å². The van der Waals surface area contributed by atoms with Gasteiger partial charge in [0.05, 0.1) is 12.1 Å². The Balaban J connectivity index is 2.00. The van der Waals surface area contributed by atoms with Gasteiger partial charge in [0.1, 0.15) is 10.9 Å². The van der Waals surface area contributed by atoms with Crippen molar-refractivity contribution in [2.75, 3.05) is 20.2 Å². The Labute approximate surface area is 183 Å². The number of nitrogens with zero attached hydrogens (tertiary/aromatic N) is 2. The highest BCUT2D eigenvalue weighted by Gasteiger charge is 2.48. The van der Waals surface area contributed by atoms with Crippen molar-refractivity contribution < 1.29 is 22.7 Å². The van der Waals surface area contributed by atoms with Gasteiger partial charge in [-0.25, -0.2) is 13.2 Å². The second-order valence-corrected chi connectivity index (χ2v) is 10.1. The molecule has 1 aromatic carbocycles. The van der Waals surface area contributed by atoms with Crippen LogP contribution < -0.4 is 0 Å². The molecule has 1 saturated carbocycles. The summed E-state index contributed by atoms with van der Waals surface area (Å²) < 4.78 is 32.3. The van der Waals surface area contributed by atoms with E-state index >= 15 is 0 Å². The molecule has 0 bridgehead atoms. The molecule has 1 saturated heterocycles. The Morgan fingerprint density at radius 2 is 1.87 bits per heavy atom. The molecular weight excluding hydrogens is 428 g/mol. The lowest BCUT2D eigenvalue weighted by Gasteiger charge is -2.33. The normalized spacial score (nSPS) is 24.0. The molecule has 0 aromatic heterocycles. The van der Waals surface area contributed by atoms with Crippen LogP contribution in [0.4, 0.5) is 0 Å². The number of hydrogen-bond donors (Lipinski definition) is 0. The van der Waals surface area contributed by atoms with Crippen molar-refractivity contribution in [1.29, 1.82) is 0 Å². The van der Waals surface area contributed by atoms with Crippen molar-refractivity contribution >= 4 is 33.5 Å². The van der Waals surface area contributed by atoms with E-state index in [1.54, 1.807) is 18.7 Å². The first-order valence-electron chi connectivity index (χ1n) is 10.5. The van der Waals surface area contributed by atoms with Crippen molar-refractivity contribution in [1.82, 2.24) is 9.21 Å². The zero-order valence-electron chi connectivity index (χ0n) is 17.6. The molecule has 0 radical (unpaired) electrons. The van der Waals surface area contributed by atoms with Crippen LogP contribution in [0.15, 0.2) is 23.1 Å². The fourth-order valence-electron chi connectivity index (χ4n) is 4.78. The smallest absolute Gasteiger partial charge is 0.328 e. The van der Waals surface area contributed by atoms with Crippen molar-refractivity contribution in [3.63, 3.8) is 0 Å². The molecule has 0 spiro atoms. The summed E-state index contributed by atoms with van der Waals surface area (Å²) in [4.78, 5) is 27.4. The van der Waals surface area contributed by atoms with Gasteiger partial charge in [0.2, 0.25) is 10.0 Å². The Morgan fingerprint density at radius 1 is 1.20 bits per heavy atom. The summed E-state index contributed by atoms with van der Waals surface area (Å²) in [5.74, 6) is -0.520. The van der Waals surface area contributed by atoms with Gasteiger partial charge in [0.15, 0.2) is 0 Å². The Hall–Kier alpha value is -1.64.